The summed E-state index contributed by atoms with van der Waals surface area (Å²) in [4.78, 5) is 0. The molecule has 146 valence electrons. The van der Waals surface area contributed by atoms with Gasteiger partial charge in [-0.1, -0.05) is 58.3 Å². The van der Waals surface area contributed by atoms with Crippen LogP contribution in [0.1, 0.15) is 28.6 Å². The molecule has 1 atom stereocenters. The molecule has 7 nitrogen and oxygen atoms in total. The quantitative estimate of drug-likeness (QED) is 0.303. The molecule has 28 heavy (non-hydrogen) atoms. The second-order valence-electron chi connectivity index (χ2n) is 6.06. The van der Waals surface area contributed by atoms with E-state index in [0.29, 0.717) is 11.3 Å². The number of hydrogen-bond acceptors (Lipinski definition) is 7. The van der Waals surface area contributed by atoms with E-state index in [1.165, 1.54) is 18.2 Å². The van der Waals surface area contributed by atoms with Crippen molar-refractivity contribution in [2.75, 3.05) is 6.61 Å². The monoisotopic (exact) mass is 404 g/mol. The maximum absolute atomic E-state index is 13.3. The number of benzene rings is 2. The van der Waals surface area contributed by atoms with Gasteiger partial charge < -0.3 is 15.6 Å². The van der Waals surface area contributed by atoms with Gasteiger partial charge in [0.05, 0.1) is 17.7 Å². The Kier molecular flexibility index (Phi) is 6.70. The van der Waals surface area contributed by atoms with E-state index in [0.717, 1.165) is 5.56 Å². The maximum Gasteiger partial charge on any atom is 0.157 e. The van der Waals surface area contributed by atoms with E-state index in [4.69, 9.17) is 16.2 Å². The van der Waals surface area contributed by atoms with Gasteiger partial charge >= 0.3 is 0 Å². The number of nitrogens with zero attached hydrogens (tertiary/aromatic N) is 3. The van der Waals surface area contributed by atoms with Crippen LogP contribution in [0.5, 0.6) is 0 Å². The molecule has 1 heterocycles. The van der Waals surface area contributed by atoms with Gasteiger partial charge in [-0.2, -0.15) is 0 Å². The van der Waals surface area contributed by atoms with Gasteiger partial charge in [-0.25, -0.2) is 9.02 Å². The van der Waals surface area contributed by atoms with Crippen molar-refractivity contribution < 1.29 is 19.3 Å². The molecule has 0 unspecified atom stereocenters. The van der Waals surface area contributed by atoms with Crippen molar-refractivity contribution >= 4 is 17.3 Å². The van der Waals surface area contributed by atoms with Crippen LogP contribution in [0.3, 0.4) is 0 Å². The highest BCUT2D eigenvalue weighted by atomic mass is 35.5. The lowest BCUT2D eigenvalue weighted by atomic mass is 10.0. The molecule has 0 radical (unpaired) electrons. The Morgan fingerprint density at radius 2 is 2.00 bits per heavy atom. The summed E-state index contributed by atoms with van der Waals surface area (Å²) in [5.74, 6) is -0.531. The molecule has 0 fully saturated rings. The first-order valence-electron chi connectivity index (χ1n) is 8.48. The van der Waals surface area contributed by atoms with Crippen molar-refractivity contribution in [1.82, 2.24) is 15.6 Å². The average molecular weight is 405 g/mol. The van der Waals surface area contributed by atoms with E-state index in [-0.39, 0.29) is 42.0 Å². The van der Waals surface area contributed by atoms with E-state index in [9.17, 15) is 14.7 Å². The Bertz CT molecular complexity index is 949. The number of nitrogens with one attached hydrogen (secondary N) is 1. The standard InChI is InChI=1S/C19H18ClFN4O3/c20-14-8-12(6-7-15(14)21)9-16(23-27)19-17(24-28-25-19)10-22-18(11-26)13-4-2-1-3-5-13/h1-8,18,22,26-27H,9-11H2/t18-/m0/s1. The molecule has 0 saturated carbocycles. The molecule has 0 aliphatic heterocycles. The van der Waals surface area contributed by atoms with Gasteiger partial charge in [0, 0.05) is 13.0 Å². The van der Waals surface area contributed by atoms with E-state index >= 15 is 0 Å². The van der Waals surface area contributed by atoms with Gasteiger partial charge in [0.1, 0.15) is 17.2 Å². The van der Waals surface area contributed by atoms with Crippen LogP contribution in [-0.2, 0) is 13.0 Å². The lowest BCUT2D eigenvalue weighted by Crippen LogP contribution is -2.25. The number of aromatic nitrogens is 2. The van der Waals surface area contributed by atoms with Gasteiger partial charge in [-0.3, -0.25) is 0 Å². The van der Waals surface area contributed by atoms with Crippen molar-refractivity contribution in [3.05, 3.63) is 81.9 Å². The number of oxime groups is 1. The minimum atomic E-state index is -0.531. The van der Waals surface area contributed by atoms with Crippen LogP contribution in [0.4, 0.5) is 4.39 Å². The van der Waals surface area contributed by atoms with E-state index in [2.05, 4.69) is 20.8 Å². The van der Waals surface area contributed by atoms with Crippen molar-refractivity contribution in [3.63, 3.8) is 0 Å². The predicted molar refractivity (Wildman–Crippen MR) is 101 cm³/mol. The molecule has 2 aromatic carbocycles. The summed E-state index contributed by atoms with van der Waals surface area (Å²) in [6, 6.07) is 13.4. The third-order valence-electron chi connectivity index (χ3n) is 4.21. The fourth-order valence-corrected chi connectivity index (χ4v) is 2.95. The van der Waals surface area contributed by atoms with Crippen molar-refractivity contribution in [2.45, 2.75) is 19.0 Å². The van der Waals surface area contributed by atoms with Gasteiger partial charge in [0.25, 0.3) is 0 Å². The first-order valence-corrected chi connectivity index (χ1v) is 8.86. The van der Waals surface area contributed by atoms with Gasteiger partial charge in [-0.05, 0) is 28.4 Å². The Hall–Kier alpha value is -2.81. The number of hydrogen-bond donors (Lipinski definition) is 3. The number of aliphatic hydroxyl groups is 1. The van der Waals surface area contributed by atoms with Crippen molar-refractivity contribution in [2.24, 2.45) is 5.16 Å². The number of aliphatic hydroxyl groups excluding tert-OH is 1. The molecule has 0 aliphatic carbocycles. The molecule has 3 N–H and O–H groups in total. The summed E-state index contributed by atoms with van der Waals surface area (Å²) in [5, 5.41) is 33.2. The SMILES string of the molecule is OC[C@H](NCc1nonc1C(Cc1ccc(F)c(Cl)c1)=NO)c1ccccc1. The molecule has 1 aromatic heterocycles. The van der Waals surface area contributed by atoms with Crippen LogP contribution in [-0.4, -0.2) is 32.9 Å². The summed E-state index contributed by atoms with van der Waals surface area (Å²) in [6.45, 7) is 0.113. The normalized spacial score (nSPS) is 12.9. The average Bonchev–Trinajstić information content (AvgIpc) is 3.18. The predicted octanol–water partition coefficient (Wildman–Crippen LogP) is 3.11. The lowest BCUT2D eigenvalue weighted by molar-refractivity contribution is 0.242. The number of halogens is 2. The van der Waals surface area contributed by atoms with Gasteiger partial charge in [-0.15, -0.1) is 0 Å². The molecule has 0 saturated heterocycles. The Labute approximate surface area is 165 Å². The molecule has 3 rings (SSSR count). The maximum atomic E-state index is 13.3. The highest BCUT2D eigenvalue weighted by Gasteiger charge is 2.19. The topological polar surface area (TPSA) is 104 Å². The summed E-state index contributed by atoms with van der Waals surface area (Å²) < 4.78 is 18.1. The fraction of sp³-hybridized carbons (Fsp3) is 0.211. The minimum Gasteiger partial charge on any atom is -0.411 e. The first kappa shape index (κ1) is 19.9. The Morgan fingerprint density at radius 1 is 1.21 bits per heavy atom. The summed E-state index contributed by atoms with van der Waals surface area (Å²) in [5.41, 5.74) is 2.43. The fourth-order valence-electron chi connectivity index (χ4n) is 2.74. The van der Waals surface area contributed by atoms with Crippen LogP contribution < -0.4 is 5.32 Å². The van der Waals surface area contributed by atoms with Gasteiger partial charge in [0.15, 0.2) is 5.69 Å². The van der Waals surface area contributed by atoms with Gasteiger partial charge in [0.2, 0.25) is 0 Å². The largest absolute Gasteiger partial charge is 0.411 e. The second kappa shape index (κ2) is 9.41. The molecular weight excluding hydrogens is 387 g/mol. The van der Waals surface area contributed by atoms with Crippen molar-refractivity contribution in [3.8, 4) is 0 Å². The van der Waals surface area contributed by atoms with Crippen LogP contribution in [0, 0.1) is 5.82 Å². The van der Waals surface area contributed by atoms with E-state index in [1.54, 1.807) is 0 Å². The van der Waals surface area contributed by atoms with Crippen LogP contribution in [0.25, 0.3) is 0 Å². The molecule has 0 spiro atoms. The summed E-state index contributed by atoms with van der Waals surface area (Å²) in [6.07, 6.45) is 0.153. The minimum absolute atomic E-state index is 0.0244. The van der Waals surface area contributed by atoms with E-state index in [1.807, 2.05) is 30.3 Å². The molecule has 0 aliphatic rings. The molecule has 0 bridgehead atoms. The Morgan fingerprint density at radius 3 is 2.68 bits per heavy atom. The summed E-state index contributed by atoms with van der Waals surface area (Å²) in [7, 11) is 0. The highest BCUT2D eigenvalue weighted by molar-refractivity contribution is 6.30. The smallest absolute Gasteiger partial charge is 0.157 e. The molecular formula is C19H18ClFN4O3. The third-order valence-corrected chi connectivity index (χ3v) is 4.50. The van der Waals surface area contributed by atoms with Crippen LogP contribution >= 0.6 is 11.6 Å². The Balaban J connectivity index is 1.73. The van der Waals surface area contributed by atoms with Crippen molar-refractivity contribution in [1.29, 1.82) is 0 Å². The zero-order chi connectivity index (χ0) is 19.9. The zero-order valence-electron chi connectivity index (χ0n) is 14.7. The molecule has 9 heteroatoms. The van der Waals surface area contributed by atoms with E-state index < -0.39 is 5.82 Å². The second-order valence-corrected chi connectivity index (χ2v) is 6.47. The third kappa shape index (κ3) is 4.72. The van der Waals surface area contributed by atoms with Crippen LogP contribution in [0.15, 0.2) is 58.3 Å². The molecule has 3 aromatic rings. The first-order chi connectivity index (χ1) is 13.6. The molecule has 0 amide bonds. The lowest BCUT2D eigenvalue weighted by Gasteiger charge is -2.16. The van der Waals surface area contributed by atoms with Crippen LogP contribution in [0.2, 0.25) is 5.02 Å². The summed E-state index contributed by atoms with van der Waals surface area (Å²) >= 11 is 5.80. The zero-order valence-corrected chi connectivity index (χ0v) is 15.5. The number of rotatable bonds is 8. The highest BCUT2D eigenvalue weighted by Crippen LogP contribution is 2.19.